The molecule has 0 spiro atoms. The minimum atomic E-state index is -0.576. The van der Waals surface area contributed by atoms with Crippen LogP contribution in [0, 0.1) is 5.82 Å². The summed E-state index contributed by atoms with van der Waals surface area (Å²) < 4.78 is 20.2. The third-order valence-corrected chi connectivity index (χ3v) is 5.10. The number of allylic oxidation sites excluding steroid dienone is 1. The number of nitrogens with zero attached hydrogens (tertiary/aromatic N) is 3. The second-order valence-electron chi connectivity index (χ2n) is 7.09. The molecule has 1 aliphatic rings. The maximum Gasteiger partial charge on any atom is 0.258 e. The number of anilines is 1. The molecule has 3 rings (SSSR count). The summed E-state index contributed by atoms with van der Waals surface area (Å²) >= 11 is 0. The minimum Gasteiger partial charge on any atom is -0.467 e. The summed E-state index contributed by atoms with van der Waals surface area (Å²) in [5, 5.41) is 3.32. The highest BCUT2D eigenvalue weighted by atomic mass is 19.1. The third kappa shape index (κ3) is 4.51. The van der Waals surface area contributed by atoms with Gasteiger partial charge in [-0.15, -0.1) is 0 Å². The first-order chi connectivity index (χ1) is 14.9. The molecule has 31 heavy (non-hydrogen) atoms. The van der Waals surface area contributed by atoms with Gasteiger partial charge in [0.05, 0.1) is 17.6 Å². The van der Waals surface area contributed by atoms with Crippen LogP contribution in [0.15, 0.2) is 46.7 Å². The molecule has 2 bridgehead atoms. The van der Waals surface area contributed by atoms with Gasteiger partial charge in [0.1, 0.15) is 17.6 Å². The molecule has 9 heteroatoms. The van der Waals surface area contributed by atoms with Gasteiger partial charge < -0.3 is 27.3 Å². The van der Waals surface area contributed by atoms with Crippen LogP contribution >= 0.6 is 0 Å². The molecule has 2 aromatic rings. The molecular formula is C22H28FN7O. The van der Waals surface area contributed by atoms with Gasteiger partial charge in [-0.2, -0.15) is 0 Å². The smallest absolute Gasteiger partial charge is 0.258 e. The Kier molecular flexibility index (Phi) is 6.86. The summed E-state index contributed by atoms with van der Waals surface area (Å²) in [6.07, 6.45) is 2.93. The second-order valence-corrected chi connectivity index (χ2v) is 7.09. The molecule has 0 amide bonds. The van der Waals surface area contributed by atoms with Crippen molar-refractivity contribution < 1.29 is 9.13 Å². The van der Waals surface area contributed by atoms with Gasteiger partial charge in [0.25, 0.3) is 5.88 Å². The molecule has 0 saturated heterocycles. The monoisotopic (exact) mass is 425 g/mol. The maximum absolute atomic E-state index is 14.2. The van der Waals surface area contributed by atoms with E-state index in [0.29, 0.717) is 35.5 Å². The fraction of sp³-hybridized carbons (Fsp3) is 0.318. The first kappa shape index (κ1) is 22.2. The zero-order valence-corrected chi connectivity index (χ0v) is 17.9. The van der Waals surface area contributed by atoms with E-state index in [9.17, 15) is 4.39 Å². The standard InChI is InChI=1S/C22H28FN7O/c1-4-28-20-14(10-25)7-13(9-24)19(27-3)16-6-5-15(23)8-17(16)12(2)31-22-21(26)29-11-18(20)30-22/h5-6,8-9,11-12,28H,4,7,10,24-25H2,1-3H3,(H2,26,29)/b13-9?,20-14-,27-19?. The summed E-state index contributed by atoms with van der Waals surface area (Å²) in [7, 11) is 1.67. The summed E-state index contributed by atoms with van der Waals surface area (Å²) in [5.74, 6) is -0.0837. The lowest BCUT2D eigenvalue weighted by Crippen LogP contribution is -2.22. The number of halogens is 1. The van der Waals surface area contributed by atoms with Crippen LogP contribution in [0.3, 0.4) is 0 Å². The van der Waals surface area contributed by atoms with Crippen LogP contribution in [0.1, 0.15) is 43.2 Å². The molecule has 164 valence electrons. The molecule has 1 unspecified atom stereocenters. The van der Waals surface area contributed by atoms with Crippen molar-refractivity contribution in [3.8, 4) is 5.88 Å². The largest absolute Gasteiger partial charge is 0.467 e. The lowest BCUT2D eigenvalue weighted by atomic mass is 9.91. The number of hydrogen-bond acceptors (Lipinski definition) is 8. The van der Waals surface area contributed by atoms with E-state index in [0.717, 1.165) is 16.8 Å². The van der Waals surface area contributed by atoms with Crippen molar-refractivity contribution in [1.82, 2.24) is 15.3 Å². The Morgan fingerprint density at radius 3 is 2.81 bits per heavy atom. The lowest BCUT2D eigenvalue weighted by molar-refractivity contribution is 0.217. The quantitative estimate of drug-likeness (QED) is 0.592. The number of hydrogen-bond donors (Lipinski definition) is 4. The van der Waals surface area contributed by atoms with Crippen LogP contribution < -0.4 is 27.3 Å². The number of nitrogens with two attached hydrogens (primary N) is 3. The molecule has 1 aromatic carbocycles. The molecule has 0 saturated carbocycles. The van der Waals surface area contributed by atoms with Crippen LogP contribution in [0.4, 0.5) is 10.2 Å². The fourth-order valence-corrected chi connectivity index (χ4v) is 3.63. The maximum atomic E-state index is 14.2. The summed E-state index contributed by atoms with van der Waals surface area (Å²) in [5.41, 5.74) is 23.0. The number of fused-ring (bicyclic) bond motifs is 3. The van der Waals surface area contributed by atoms with Crippen LogP contribution in [-0.4, -0.2) is 35.8 Å². The van der Waals surface area contributed by atoms with Gasteiger partial charge in [-0.3, -0.25) is 4.99 Å². The van der Waals surface area contributed by atoms with Crippen LogP contribution in [-0.2, 0) is 0 Å². The highest BCUT2D eigenvalue weighted by Gasteiger charge is 2.24. The minimum absolute atomic E-state index is 0.141. The molecule has 1 atom stereocenters. The average molecular weight is 426 g/mol. The van der Waals surface area contributed by atoms with Gasteiger partial charge in [0, 0.05) is 37.7 Å². The van der Waals surface area contributed by atoms with Gasteiger partial charge in [-0.25, -0.2) is 14.4 Å². The van der Waals surface area contributed by atoms with Crippen molar-refractivity contribution in [3.63, 3.8) is 0 Å². The number of benzene rings is 1. The summed E-state index contributed by atoms with van der Waals surface area (Å²) in [6, 6.07) is 4.47. The van der Waals surface area contributed by atoms with Crippen molar-refractivity contribution in [1.29, 1.82) is 0 Å². The Labute approximate surface area is 181 Å². The van der Waals surface area contributed by atoms with E-state index in [2.05, 4.69) is 20.3 Å². The zero-order valence-electron chi connectivity index (χ0n) is 17.9. The van der Waals surface area contributed by atoms with Crippen LogP contribution in [0.5, 0.6) is 5.88 Å². The summed E-state index contributed by atoms with van der Waals surface area (Å²) in [6.45, 7) is 4.68. The number of nitrogens with one attached hydrogen (secondary N) is 1. The normalized spacial score (nSPS) is 21.8. The van der Waals surface area contributed by atoms with Crippen molar-refractivity contribution in [2.24, 2.45) is 16.5 Å². The molecule has 2 heterocycles. The Morgan fingerprint density at radius 2 is 2.16 bits per heavy atom. The SMILES string of the molecule is CCN/C1=C(\CN)CC(=CN)C(=NC)c2ccc(F)cc2C(C)Oc2nc1cnc2N. The van der Waals surface area contributed by atoms with Gasteiger partial charge in [0.2, 0.25) is 0 Å². The van der Waals surface area contributed by atoms with E-state index in [1.165, 1.54) is 18.3 Å². The van der Waals surface area contributed by atoms with E-state index < -0.39 is 6.10 Å². The number of aliphatic imine (C=N–C) groups is 1. The highest BCUT2D eigenvalue weighted by Crippen LogP contribution is 2.32. The Morgan fingerprint density at radius 1 is 1.39 bits per heavy atom. The van der Waals surface area contributed by atoms with Crippen LogP contribution in [0.25, 0.3) is 5.70 Å². The third-order valence-electron chi connectivity index (χ3n) is 5.10. The highest BCUT2D eigenvalue weighted by molar-refractivity contribution is 6.13. The predicted octanol–water partition coefficient (Wildman–Crippen LogP) is 2.28. The first-order valence-corrected chi connectivity index (χ1v) is 10.1. The van der Waals surface area contributed by atoms with Crippen molar-refractivity contribution in [2.75, 3.05) is 25.9 Å². The predicted molar refractivity (Wildman–Crippen MR) is 121 cm³/mol. The molecule has 0 fully saturated rings. The molecule has 0 aliphatic carbocycles. The lowest BCUT2D eigenvalue weighted by Gasteiger charge is -2.23. The van der Waals surface area contributed by atoms with E-state index in [1.54, 1.807) is 26.2 Å². The van der Waals surface area contributed by atoms with Crippen molar-refractivity contribution in [3.05, 3.63) is 64.4 Å². The van der Waals surface area contributed by atoms with Crippen molar-refractivity contribution >= 4 is 17.2 Å². The Balaban J connectivity index is 2.33. The number of rotatable bonds is 3. The van der Waals surface area contributed by atoms with Crippen LogP contribution in [0.2, 0.25) is 0 Å². The first-order valence-electron chi connectivity index (χ1n) is 10.1. The second kappa shape index (κ2) is 9.57. The molecule has 8 nitrogen and oxygen atoms in total. The van der Waals surface area contributed by atoms with Gasteiger partial charge >= 0.3 is 0 Å². The number of nitrogen functional groups attached to an aromatic ring is 1. The Hall–Kier alpha value is -3.46. The van der Waals surface area contributed by atoms with E-state index in [-0.39, 0.29) is 24.1 Å². The molecule has 1 aliphatic heterocycles. The molecule has 7 N–H and O–H groups in total. The fourth-order valence-electron chi connectivity index (χ4n) is 3.63. The van der Waals surface area contributed by atoms with E-state index in [4.69, 9.17) is 21.9 Å². The Bertz CT molecular complexity index is 1060. The molecule has 1 aromatic heterocycles. The van der Waals surface area contributed by atoms with E-state index >= 15 is 0 Å². The zero-order chi connectivity index (χ0) is 22.5. The van der Waals surface area contributed by atoms with Gasteiger partial charge in [-0.05, 0) is 49.4 Å². The topological polar surface area (TPSA) is 137 Å². The molecule has 0 radical (unpaired) electrons. The van der Waals surface area contributed by atoms with Gasteiger partial charge in [-0.1, -0.05) is 0 Å². The van der Waals surface area contributed by atoms with E-state index in [1.807, 2.05) is 6.92 Å². The number of aromatic nitrogens is 2. The summed E-state index contributed by atoms with van der Waals surface area (Å²) in [4.78, 5) is 13.3. The number of ether oxygens (including phenoxy) is 1. The van der Waals surface area contributed by atoms with Gasteiger partial charge in [0.15, 0.2) is 5.82 Å². The average Bonchev–Trinajstić information content (AvgIpc) is 2.77. The molecular weight excluding hydrogens is 397 g/mol. The van der Waals surface area contributed by atoms with Crippen molar-refractivity contribution in [2.45, 2.75) is 26.4 Å².